The summed E-state index contributed by atoms with van der Waals surface area (Å²) in [6.07, 6.45) is 2.82. The van der Waals surface area contributed by atoms with E-state index in [1.54, 1.807) is 7.11 Å². The average Bonchev–Trinajstić information content (AvgIpc) is 2.73. The zero-order valence-electron chi connectivity index (χ0n) is 6.63. The van der Waals surface area contributed by atoms with Gasteiger partial charge in [-0.25, -0.2) is 0 Å². The summed E-state index contributed by atoms with van der Waals surface area (Å²) in [6.45, 7) is 2.04. The Morgan fingerprint density at radius 2 is 2.20 bits per heavy atom. The summed E-state index contributed by atoms with van der Waals surface area (Å²) in [5, 5.41) is 0. The third kappa shape index (κ3) is 1.68. The van der Waals surface area contributed by atoms with Gasteiger partial charge >= 0.3 is 0 Å². The molecule has 0 aromatic carbocycles. The molecule has 1 rings (SSSR count). The van der Waals surface area contributed by atoms with Gasteiger partial charge in [0.1, 0.15) is 0 Å². The fourth-order valence-corrected chi connectivity index (χ4v) is 1.26. The van der Waals surface area contributed by atoms with Crippen LogP contribution in [-0.2, 0) is 4.74 Å². The number of hydrogen-bond donors (Lipinski definition) is 2. The SMILES string of the molecule is COC(C)C(NN)C1CC1. The second-order valence-corrected chi connectivity index (χ2v) is 2.97. The van der Waals surface area contributed by atoms with E-state index in [-0.39, 0.29) is 6.10 Å². The van der Waals surface area contributed by atoms with Crippen LogP contribution in [-0.4, -0.2) is 19.3 Å². The lowest BCUT2D eigenvalue weighted by atomic mass is 10.1. The number of rotatable bonds is 4. The highest BCUT2D eigenvalue weighted by Gasteiger charge is 2.33. The monoisotopic (exact) mass is 144 g/mol. The van der Waals surface area contributed by atoms with Crippen LogP contribution in [0.2, 0.25) is 0 Å². The van der Waals surface area contributed by atoms with E-state index in [0.717, 1.165) is 5.92 Å². The molecule has 60 valence electrons. The molecule has 0 bridgehead atoms. The number of hydrazine groups is 1. The van der Waals surface area contributed by atoms with Gasteiger partial charge in [0.15, 0.2) is 0 Å². The van der Waals surface area contributed by atoms with Crippen LogP contribution in [0.1, 0.15) is 19.8 Å². The second-order valence-electron chi connectivity index (χ2n) is 2.97. The number of methoxy groups -OCH3 is 1. The molecular weight excluding hydrogens is 128 g/mol. The van der Waals surface area contributed by atoms with Gasteiger partial charge in [-0.15, -0.1) is 0 Å². The first-order chi connectivity index (χ1) is 4.79. The summed E-state index contributed by atoms with van der Waals surface area (Å²) < 4.78 is 5.16. The summed E-state index contributed by atoms with van der Waals surface area (Å²) in [6, 6.07) is 0.352. The third-order valence-electron chi connectivity index (χ3n) is 2.20. The fraction of sp³-hybridized carbons (Fsp3) is 1.00. The lowest BCUT2D eigenvalue weighted by molar-refractivity contribution is 0.0757. The van der Waals surface area contributed by atoms with E-state index in [2.05, 4.69) is 5.43 Å². The lowest BCUT2D eigenvalue weighted by Gasteiger charge is -2.21. The molecule has 0 aliphatic heterocycles. The van der Waals surface area contributed by atoms with Crippen LogP contribution >= 0.6 is 0 Å². The summed E-state index contributed by atoms with van der Waals surface area (Å²) in [5.41, 5.74) is 2.79. The first kappa shape index (κ1) is 7.98. The average molecular weight is 144 g/mol. The minimum Gasteiger partial charge on any atom is -0.380 e. The molecule has 3 heteroatoms. The molecule has 1 saturated carbocycles. The van der Waals surface area contributed by atoms with Gasteiger partial charge in [0.25, 0.3) is 0 Å². The van der Waals surface area contributed by atoms with Crippen LogP contribution in [0.5, 0.6) is 0 Å². The van der Waals surface area contributed by atoms with E-state index in [4.69, 9.17) is 10.6 Å². The molecule has 0 saturated heterocycles. The fourth-order valence-electron chi connectivity index (χ4n) is 1.26. The summed E-state index contributed by atoms with van der Waals surface area (Å²) in [5.74, 6) is 6.11. The zero-order chi connectivity index (χ0) is 7.56. The molecule has 2 unspecified atom stereocenters. The Morgan fingerprint density at radius 3 is 2.50 bits per heavy atom. The van der Waals surface area contributed by atoms with Crippen LogP contribution in [0.25, 0.3) is 0 Å². The zero-order valence-corrected chi connectivity index (χ0v) is 6.63. The van der Waals surface area contributed by atoms with Crippen molar-refractivity contribution in [1.29, 1.82) is 0 Å². The Hall–Kier alpha value is -0.120. The molecule has 0 aromatic heterocycles. The van der Waals surface area contributed by atoms with Crippen molar-refractivity contribution in [3.63, 3.8) is 0 Å². The van der Waals surface area contributed by atoms with Crippen molar-refractivity contribution in [2.75, 3.05) is 7.11 Å². The van der Waals surface area contributed by atoms with E-state index in [9.17, 15) is 0 Å². The van der Waals surface area contributed by atoms with E-state index >= 15 is 0 Å². The maximum atomic E-state index is 5.36. The van der Waals surface area contributed by atoms with Crippen molar-refractivity contribution in [1.82, 2.24) is 5.43 Å². The van der Waals surface area contributed by atoms with Crippen LogP contribution in [0.4, 0.5) is 0 Å². The van der Waals surface area contributed by atoms with Crippen molar-refractivity contribution < 1.29 is 4.74 Å². The smallest absolute Gasteiger partial charge is 0.0712 e. The Morgan fingerprint density at radius 1 is 1.60 bits per heavy atom. The Labute approximate surface area is 61.9 Å². The Kier molecular flexibility index (Phi) is 2.65. The molecule has 0 aromatic rings. The van der Waals surface area contributed by atoms with Crippen LogP contribution in [0.15, 0.2) is 0 Å². The van der Waals surface area contributed by atoms with E-state index in [0.29, 0.717) is 6.04 Å². The maximum absolute atomic E-state index is 5.36. The Bertz CT molecular complexity index is 104. The van der Waals surface area contributed by atoms with Crippen molar-refractivity contribution in [3.05, 3.63) is 0 Å². The predicted molar refractivity (Wildman–Crippen MR) is 40.3 cm³/mol. The topological polar surface area (TPSA) is 47.3 Å². The summed E-state index contributed by atoms with van der Waals surface area (Å²) >= 11 is 0. The van der Waals surface area contributed by atoms with Gasteiger partial charge in [-0.05, 0) is 25.7 Å². The number of ether oxygens (including phenoxy) is 1. The van der Waals surface area contributed by atoms with E-state index < -0.39 is 0 Å². The van der Waals surface area contributed by atoms with E-state index in [1.807, 2.05) is 6.92 Å². The van der Waals surface area contributed by atoms with Crippen molar-refractivity contribution in [3.8, 4) is 0 Å². The molecule has 0 heterocycles. The van der Waals surface area contributed by atoms with Crippen LogP contribution in [0.3, 0.4) is 0 Å². The second kappa shape index (κ2) is 3.32. The van der Waals surface area contributed by atoms with Gasteiger partial charge in [0.2, 0.25) is 0 Å². The van der Waals surface area contributed by atoms with Crippen LogP contribution < -0.4 is 11.3 Å². The minimum atomic E-state index is 0.234. The van der Waals surface area contributed by atoms with Gasteiger partial charge in [-0.1, -0.05) is 0 Å². The quantitative estimate of drug-likeness (QED) is 0.439. The lowest BCUT2D eigenvalue weighted by Crippen LogP contribution is -2.45. The largest absolute Gasteiger partial charge is 0.380 e. The molecule has 1 aliphatic rings. The molecule has 0 spiro atoms. The number of nitrogens with two attached hydrogens (primary N) is 1. The highest BCUT2D eigenvalue weighted by Crippen LogP contribution is 2.34. The van der Waals surface area contributed by atoms with Crippen molar-refractivity contribution in [2.45, 2.75) is 31.9 Å². The molecule has 2 atom stereocenters. The molecular formula is C7H16N2O. The summed E-state index contributed by atoms with van der Waals surface area (Å²) in [4.78, 5) is 0. The first-order valence-electron chi connectivity index (χ1n) is 3.78. The summed E-state index contributed by atoms with van der Waals surface area (Å²) in [7, 11) is 1.72. The molecule has 0 amide bonds. The molecule has 1 aliphatic carbocycles. The van der Waals surface area contributed by atoms with Crippen molar-refractivity contribution in [2.24, 2.45) is 11.8 Å². The first-order valence-corrected chi connectivity index (χ1v) is 3.78. The highest BCUT2D eigenvalue weighted by molar-refractivity contribution is 4.88. The van der Waals surface area contributed by atoms with Gasteiger partial charge in [0, 0.05) is 13.2 Å². The number of hydrogen-bond acceptors (Lipinski definition) is 3. The minimum absolute atomic E-state index is 0.234. The molecule has 0 radical (unpaired) electrons. The normalized spacial score (nSPS) is 24.3. The number of nitrogens with one attached hydrogen (secondary N) is 1. The third-order valence-corrected chi connectivity index (χ3v) is 2.20. The van der Waals surface area contributed by atoms with Gasteiger partial charge in [0.05, 0.1) is 6.10 Å². The highest BCUT2D eigenvalue weighted by atomic mass is 16.5. The molecule has 1 fully saturated rings. The van der Waals surface area contributed by atoms with Gasteiger partial charge in [-0.2, -0.15) is 0 Å². The Balaban J connectivity index is 2.30. The van der Waals surface area contributed by atoms with E-state index in [1.165, 1.54) is 12.8 Å². The molecule has 10 heavy (non-hydrogen) atoms. The molecule has 3 N–H and O–H groups in total. The maximum Gasteiger partial charge on any atom is 0.0712 e. The van der Waals surface area contributed by atoms with Gasteiger partial charge in [-0.3, -0.25) is 11.3 Å². The van der Waals surface area contributed by atoms with Crippen molar-refractivity contribution >= 4 is 0 Å². The van der Waals surface area contributed by atoms with Gasteiger partial charge < -0.3 is 4.74 Å². The standard InChI is InChI=1S/C7H16N2O/c1-5(10-2)7(9-8)6-3-4-6/h5-7,9H,3-4,8H2,1-2H3. The van der Waals surface area contributed by atoms with Crippen LogP contribution in [0, 0.1) is 5.92 Å². The predicted octanol–water partition coefficient (Wildman–Crippen LogP) is 0.263. The molecule has 3 nitrogen and oxygen atoms in total.